The maximum absolute atomic E-state index is 6.34. The summed E-state index contributed by atoms with van der Waals surface area (Å²) < 4.78 is 9.76. The van der Waals surface area contributed by atoms with Crippen LogP contribution in [-0.4, -0.2) is 42.0 Å². The SMILES string of the molecule is Cc1cc(Nc2cc3cc(-c4c(OCC(N)C5(C)CC5)cnn4C)ccn3n2)nc(C)n1. The number of fused-ring (bicyclic) bond motifs is 1. The molecule has 4 heterocycles. The normalized spacial score (nSPS) is 15.7. The van der Waals surface area contributed by atoms with Crippen molar-refractivity contribution >= 4 is 17.2 Å². The number of nitrogens with two attached hydrogens (primary N) is 1. The number of aromatic nitrogens is 6. The van der Waals surface area contributed by atoms with Crippen molar-refractivity contribution in [1.82, 2.24) is 29.4 Å². The smallest absolute Gasteiger partial charge is 0.165 e. The zero-order chi connectivity index (χ0) is 22.5. The fraction of sp³-hybridized carbons (Fsp3) is 0.391. The molecule has 1 aliphatic rings. The summed E-state index contributed by atoms with van der Waals surface area (Å²) in [4.78, 5) is 8.74. The molecule has 0 amide bonds. The average Bonchev–Trinajstić information content (AvgIpc) is 3.20. The first-order valence-electron chi connectivity index (χ1n) is 10.8. The number of aryl methyl sites for hydroxylation is 3. The van der Waals surface area contributed by atoms with Gasteiger partial charge in [-0.15, -0.1) is 0 Å². The van der Waals surface area contributed by atoms with Gasteiger partial charge in [0.2, 0.25) is 0 Å². The van der Waals surface area contributed by atoms with E-state index in [0.717, 1.165) is 39.9 Å². The Kier molecular flexibility index (Phi) is 4.85. The van der Waals surface area contributed by atoms with Crippen molar-refractivity contribution in [3.8, 4) is 17.0 Å². The number of rotatable bonds is 7. The van der Waals surface area contributed by atoms with Crippen molar-refractivity contribution in [2.75, 3.05) is 11.9 Å². The van der Waals surface area contributed by atoms with Gasteiger partial charge in [0, 0.05) is 42.7 Å². The summed E-state index contributed by atoms with van der Waals surface area (Å²) in [7, 11) is 1.91. The van der Waals surface area contributed by atoms with Gasteiger partial charge in [0.05, 0.1) is 11.7 Å². The molecule has 9 heteroatoms. The highest BCUT2D eigenvalue weighted by molar-refractivity contribution is 5.72. The molecule has 0 aromatic carbocycles. The summed E-state index contributed by atoms with van der Waals surface area (Å²) in [6.07, 6.45) is 6.02. The Bertz CT molecular complexity index is 1270. The van der Waals surface area contributed by atoms with E-state index in [-0.39, 0.29) is 11.5 Å². The minimum atomic E-state index is 0.0237. The van der Waals surface area contributed by atoms with Gasteiger partial charge >= 0.3 is 0 Å². The van der Waals surface area contributed by atoms with E-state index in [0.29, 0.717) is 12.4 Å². The number of nitrogens with one attached hydrogen (secondary N) is 1. The highest BCUT2D eigenvalue weighted by atomic mass is 16.5. The summed E-state index contributed by atoms with van der Waals surface area (Å²) in [5, 5.41) is 12.3. The van der Waals surface area contributed by atoms with Crippen molar-refractivity contribution in [2.45, 2.75) is 39.7 Å². The minimum Gasteiger partial charge on any atom is -0.488 e. The zero-order valence-electron chi connectivity index (χ0n) is 18.8. The van der Waals surface area contributed by atoms with E-state index in [9.17, 15) is 0 Å². The lowest BCUT2D eigenvalue weighted by Crippen LogP contribution is -2.35. The van der Waals surface area contributed by atoms with E-state index in [1.54, 1.807) is 6.20 Å². The zero-order valence-corrected chi connectivity index (χ0v) is 18.8. The van der Waals surface area contributed by atoms with E-state index in [1.165, 1.54) is 12.8 Å². The van der Waals surface area contributed by atoms with Crippen LogP contribution in [0.1, 0.15) is 31.3 Å². The second-order valence-corrected chi connectivity index (χ2v) is 8.93. The summed E-state index contributed by atoms with van der Waals surface area (Å²) in [6.45, 7) is 6.52. The van der Waals surface area contributed by atoms with Crippen LogP contribution in [0.25, 0.3) is 16.8 Å². The Labute approximate surface area is 186 Å². The molecule has 3 N–H and O–H groups in total. The van der Waals surface area contributed by atoms with Crippen LogP contribution in [-0.2, 0) is 7.05 Å². The third-order valence-electron chi connectivity index (χ3n) is 6.22. The Balaban J connectivity index is 1.40. The molecule has 0 saturated heterocycles. The molecule has 0 spiro atoms. The topological polar surface area (TPSA) is 108 Å². The highest BCUT2D eigenvalue weighted by Crippen LogP contribution is 2.47. The maximum atomic E-state index is 6.34. The molecule has 1 aliphatic carbocycles. The number of anilines is 2. The van der Waals surface area contributed by atoms with E-state index in [1.807, 2.05) is 54.5 Å². The van der Waals surface area contributed by atoms with Crippen LogP contribution >= 0.6 is 0 Å². The van der Waals surface area contributed by atoms with Crippen LogP contribution in [0.15, 0.2) is 36.7 Å². The number of nitrogens with zero attached hydrogens (tertiary/aromatic N) is 6. The van der Waals surface area contributed by atoms with Crippen molar-refractivity contribution in [1.29, 1.82) is 0 Å². The van der Waals surface area contributed by atoms with Crippen LogP contribution in [0.5, 0.6) is 5.75 Å². The van der Waals surface area contributed by atoms with Gasteiger partial charge in [0.1, 0.15) is 23.9 Å². The fourth-order valence-electron chi connectivity index (χ4n) is 3.92. The van der Waals surface area contributed by atoms with Gasteiger partial charge in [-0.3, -0.25) is 4.68 Å². The summed E-state index contributed by atoms with van der Waals surface area (Å²) in [5.74, 6) is 2.89. The predicted molar refractivity (Wildman–Crippen MR) is 123 cm³/mol. The molecule has 0 radical (unpaired) electrons. The second-order valence-electron chi connectivity index (χ2n) is 8.93. The van der Waals surface area contributed by atoms with Crippen LogP contribution < -0.4 is 15.8 Å². The second kappa shape index (κ2) is 7.59. The van der Waals surface area contributed by atoms with E-state index < -0.39 is 0 Å². The monoisotopic (exact) mass is 432 g/mol. The first-order chi connectivity index (χ1) is 15.3. The van der Waals surface area contributed by atoms with Gasteiger partial charge in [0.15, 0.2) is 11.6 Å². The third kappa shape index (κ3) is 3.91. The van der Waals surface area contributed by atoms with Crippen molar-refractivity contribution < 1.29 is 4.74 Å². The van der Waals surface area contributed by atoms with Crippen LogP contribution in [0.3, 0.4) is 0 Å². The van der Waals surface area contributed by atoms with Crippen molar-refractivity contribution in [2.24, 2.45) is 18.2 Å². The Morgan fingerprint density at radius 2 is 2.00 bits per heavy atom. The molecule has 4 aromatic rings. The molecule has 32 heavy (non-hydrogen) atoms. The van der Waals surface area contributed by atoms with Gasteiger partial charge in [-0.05, 0) is 44.2 Å². The summed E-state index contributed by atoms with van der Waals surface area (Å²) in [5.41, 5.74) is 10.3. The molecule has 1 unspecified atom stereocenters. The van der Waals surface area contributed by atoms with E-state index in [2.05, 4.69) is 38.5 Å². The Morgan fingerprint density at radius 3 is 2.75 bits per heavy atom. The van der Waals surface area contributed by atoms with E-state index >= 15 is 0 Å². The van der Waals surface area contributed by atoms with Crippen LogP contribution in [0, 0.1) is 19.3 Å². The quantitative estimate of drug-likeness (QED) is 0.461. The summed E-state index contributed by atoms with van der Waals surface area (Å²) >= 11 is 0. The van der Waals surface area contributed by atoms with Crippen molar-refractivity contribution in [3.05, 3.63) is 48.2 Å². The number of hydrogen-bond donors (Lipinski definition) is 2. The molecule has 166 valence electrons. The molecule has 0 aliphatic heterocycles. The van der Waals surface area contributed by atoms with E-state index in [4.69, 9.17) is 10.5 Å². The lowest BCUT2D eigenvalue weighted by Gasteiger charge is -2.19. The predicted octanol–water partition coefficient (Wildman–Crippen LogP) is 3.39. The molecule has 9 nitrogen and oxygen atoms in total. The lowest BCUT2D eigenvalue weighted by atomic mass is 10.0. The van der Waals surface area contributed by atoms with Crippen LogP contribution in [0.4, 0.5) is 11.6 Å². The lowest BCUT2D eigenvalue weighted by molar-refractivity contribution is 0.244. The Morgan fingerprint density at radius 1 is 1.19 bits per heavy atom. The average molecular weight is 433 g/mol. The van der Waals surface area contributed by atoms with Crippen molar-refractivity contribution in [3.63, 3.8) is 0 Å². The molecular weight excluding hydrogens is 404 g/mol. The van der Waals surface area contributed by atoms with Gasteiger partial charge in [-0.25, -0.2) is 14.5 Å². The van der Waals surface area contributed by atoms with Gasteiger partial charge in [0.25, 0.3) is 0 Å². The molecule has 4 aromatic heterocycles. The Hall–Kier alpha value is -3.46. The number of hydrogen-bond acceptors (Lipinski definition) is 7. The first-order valence-corrected chi connectivity index (χ1v) is 10.8. The minimum absolute atomic E-state index is 0.0237. The summed E-state index contributed by atoms with van der Waals surface area (Å²) in [6, 6.07) is 7.98. The molecule has 1 saturated carbocycles. The highest BCUT2D eigenvalue weighted by Gasteiger charge is 2.43. The number of ether oxygens (including phenoxy) is 1. The van der Waals surface area contributed by atoms with Gasteiger partial charge in [-0.1, -0.05) is 6.92 Å². The molecule has 1 atom stereocenters. The number of pyridine rings is 1. The standard InChI is InChI=1S/C23H28N8O/c1-14-9-20(27-15(2)26-14)28-21-11-17-10-16(5-8-31(17)29-21)22-18(12-25-30(22)4)32-13-19(24)23(3)6-7-23/h5,8-12,19H,6-7,13,24H2,1-4H3,(H,26,27,28,29). The fourth-order valence-corrected chi connectivity index (χ4v) is 3.92. The molecule has 1 fully saturated rings. The maximum Gasteiger partial charge on any atom is 0.165 e. The third-order valence-corrected chi connectivity index (χ3v) is 6.22. The van der Waals surface area contributed by atoms with Crippen LogP contribution in [0.2, 0.25) is 0 Å². The van der Waals surface area contributed by atoms with Gasteiger partial charge in [-0.2, -0.15) is 10.2 Å². The largest absolute Gasteiger partial charge is 0.488 e. The van der Waals surface area contributed by atoms with Gasteiger partial charge < -0.3 is 15.8 Å². The first kappa shape index (κ1) is 20.4. The molecule has 5 rings (SSSR count). The molecule has 0 bridgehead atoms. The molecular formula is C23H28N8O.